The van der Waals surface area contributed by atoms with Crippen LogP contribution in [-0.2, 0) is 0 Å². The Morgan fingerprint density at radius 1 is 1.24 bits per heavy atom. The van der Waals surface area contributed by atoms with Crippen molar-refractivity contribution in [2.24, 2.45) is 0 Å². The van der Waals surface area contributed by atoms with Crippen molar-refractivity contribution in [3.8, 4) is 5.75 Å². The number of rotatable bonds is 4. The van der Waals surface area contributed by atoms with Crippen molar-refractivity contribution in [1.29, 1.82) is 0 Å². The van der Waals surface area contributed by atoms with Crippen LogP contribution in [0.4, 0.5) is 8.78 Å². The molecule has 0 aliphatic rings. The number of carboxylic acids is 2. The molecule has 0 saturated carbocycles. The van der Waals surface area contributed by atoms with Gasteiger partial charge in [0, 0.05) is 0 Å². The molecule has 5 nitrogen and oxygen atoms in total. The van der Waals surface area contributed by atoms with Gasteiger partial charge in [0.2, 0.25) is 0 Å². The highest BCUT2D eigenvalue weighted by Gasteiger charge is 2.22. The Kier molecular flexibility index (Phi) is 3.62. The van der Waals surface area contributed by atoms with E-state index in [0.717, 1.165) is 12.1 Å². The number of carboxylic acid groups (broad SMARTS) is 2. The molecule has 0 amide bonds. The van der Waals surface area contributed by atoms with E-state index in [1.54, 1.807) is 0 Å². The maximum Gasteiger partial charge on any atom is 0.387 e. The summed E-state index contributed by atoms with van der Waals surface area (Å²) in [5.74, 6) is -3.43. The summed E-state index contributed by atoms with van der Waals surface area (Å²) in [6, 6.07) is 1.91. The lowest BCUT2D eigenvalue weighted by Gasteiger charge is -2.11. The summed E-state index contributed by atoms with van der Waals surface area (Å²) in [6.07, 6.45) is 0. The molecular weight excluding hydrogens is 238 g/mol. The molecule has 0 spiro atoms. The van der Waals surface area contributed by atoms with Crippen LogP contribution in [-0.4, -0.2) is 28.8 Å². The zero-order valence-electron chi connectivity index (χ0n) is 8.61. The van der Waals surface area contributed by atoms with Gasteiger partial charge in [-0.3, -0.25) is 0 Å². The zero-order chi connectivity index (χ0) is 13.2. The Morgan fingerprint density at radius 3 is 2.24 bits per heavy atom. The summed E-state index contributed by atoms with van der Waals surface area (Å²) in [7, 11) is 0. The average Bonchev–Trinajstić information content (AvgIpc) is 2.15. The van der Waals surface area contributed by atoms with Gasteiger partial charge in [0.1, 0.15) is 11.3 Å². The van der Waals surface area contributed by atoms with E-state index in [0.29, 0.717) is 0 Å². The lowest BCUT2D eigenvalue weighted by molar-refractivity contribution is -0.0503. The fourth-order valence-electron chi connectivity index (χ4n) is 1.38. The number of hydrogen-bond donors (Lipinski definition) is 2. The van der Waals surface area contributed by atoms with Crippen LogP contribution in [0, 0.1) is 6.92 Å². The first-order valence-electron chi connectivity index (χ1n) is 4.39. The van der Waals surface area contributed by atoms with E-state index in [-0.39, 0.29) is 11.1 Å². The van der Waals surface area contributed by atoms with Crippen LogP contribution < -0.4 is 4.74 Å². The summed E-state index contributed by atoms with van der Waals surface area (Å²) in [5.41, 5.74) is -0.989. The van der Waals surface area contributed by atoms with Crippen molar-refractivity contribution in [3.63, 3.8) is 0 Å². The smallest absolute Gasteiger partial charge is 0.387 e. The van der Waals surface area contributed by atoms with Crippen LogP contribution >= 0.6 is 0 Å². The predicted molar refractivity (Wildman–Crippen MR) is 51.7 cm³/mol. The molecule has 1 aromatic carbocycles. The van der Waals surface area contributed by atoms with Crippen LogP contribution in [0.5, 0.6) is 5.75 Å². The van der Waals surface area contributed by atoms with Crippen LogP contribution in [0.25, 0.3) is 0 Å². The van der Waals surface area contributed by atoms with Gasteiger partial charge in [-0.15, -0.1) is 0 Å². The standard InChI is InChI=1S/C10H8F2O5/c1-4-5(8(13)14)2-3-6(17-10(11)12)7(4)9(15)16/h2-3,10H,1H3,(H,13,14)(H,15,16). The zero-order valence-corrected chi connectivity index (χ0v) is 8.61. The topological polar surface area (TPSA) is 83.8 Å². The van der Waals surface area contributed by atoms with Gasteiger partial charge in [-0.1, -0.05) is 0 Å². The second-order valence-electron chi connectivity index (χ2n) is 3.10. The molecule has 0 aromatic heterocycles. The molecular formula is C10H8F2O5. The Labute approximate surface area is 94.2 Å². The highest BCUT2D eigenvalue weighted by Crippen LogP contribution is 2.26. The van der Waals surface area contributed by atoms with E-state index in [4.69, 9.17) is 10.2 Å². The molecule has 1 aromatic rings. The molecule has 0 saturated heterocycles. The maximum atomic E-state index is 12.0. The number of halogens is 2. The first kappa shape index (κ1) is 12.9. The number of ether oxygens (including phenoxy) is 1. The minimum Gasteiger partial charge on any atom is -0.478 e. The summed E-state index contributed by atoms with van der Waals surface area (Å²) in [4.78, 5) is 21.6. The van der Waals surface area contributed by atoms with E-state index in [2.05, 4.69) is 4.74 Å². The highest BCUT2D eigenvalue weighted by molar-refractivity contribution is 5.98. The maximum absolute atomic E-state index is 12.0. The average molecular weight is 246 g/mol. The molecule has 0 radical (unpaired) electrons. The van der Waals surface area contributed by atoms with Crippen molar-refractivity contribution in [2.75, 3.05) is 0 Å². The van der Waals surface area contributed by atoms with Gasteiger partial charge in [-0.2, -0.15) is 8.78 Å². The lowest BCUT2D eigenvalue weighted by Crippen LogP contribution is -2.12. The van der Waals surface area contributed by atoms with E-state index < -0.39 is 29.9 Å². The first-order valence-corrected chi connectivity index (χ1v) is 4.39. The van der Waals surface area contributed by atoms with Crippen LogP contribution in [0.2, 0.25) is 0 Å². The second kappa shape index (κ2) is 4.77. The van der Waals surface area contributed by atoms with Crippen LogP contribution in [0.1, 0.15) is 26.3 Å². The minimum absolute atomic E-state index is 0.136. The molecule has 1 rings (SSSR count). The van der Waals surface area contributed by atoms with E-state index in [1.807, 2.05) is 0 Å². The largest absolute Gasteiger partial charge is 0.478 e. The van der Waals surface area contributed by atoms with Crippen LogP contribution in [0.3, 0.4) is 0 Å². The summed E-state index contributed by atoms with van der Waals surface area (Å²) >= 11 is 0. The fraction of sp³-hybridized carbons (Fsp3) is 0.200. The predicted octanol–water partition coefficient (Wildman–Crippen LogP) is 1.99. The van der Waals surface area contributed by atoms with Crippen molar-refractivity contribution in [2.45, 2.75) is 13.5 Å². The van der Waals surface area contributed by atoms with Gasteiger partial charge in [0.05, 0.1) is 5.56 Å². The quantitative estimate of drug-likeness (QED) is 0.848. The van der Waals surface area contributed by atoms with Gasteiger partial charge in [0.25, 0.3) is 0 Å². The molecule has 0 atom stereocenters. The van der Waals surface area contributed by atoms with Gasteiger partial charge >= 0.3 is 18.6 Å². The first-order chi connectivity index (χ1) is 7.84. The molecule has 7 heteroatoms. The summed E-state index contributed by atoms with van der Waals surface area (Å²) in [6.45, 7) is -1.96. The molecule has 2 N–H and O–H groups in total. The second-order valence-corrected chi connectivity index (χ2v) is 3.10. The van der Waals surface area contributed by atoms with E-state index in [9.17, 15) is 18.4 Å². The normalized spacial score (nSPS) is 10.4. The Hall–Kier alpha value is -2.18. The van der Waals surface area contributed by atoms with Gasteiger partial charge in [0.15, 0.2) is 0 Å². The number of carbonyl (C=O) groups is 2. The summed E-state index contributed by atoms with van der Waals surface area (Å²) < 4.78 is 28.1. The fourth-order valence-corrected chi connectivity index (χ4v) is 1.38. The molecule has 0 aliphatic heterocycles. The molecule has 92 valence electrons. The van der Waals surface area contributed by atoms with Gasteiger partial charge in [-0.05, 0) is 24.6 Å². The number of alkyl halides is 2. The van der Waals surface area contributed by atoms with E-state index >= 15 is 0 Å². The highest BCUT2D eigenvalue weighted by atomic mass is 19.3. The third-order valence-electron chi connectivity index (χ3n) is 2.09. The Bertz CT molecular complexity index is 470. The number of hydrogen-bond acceptors (Lipinski definition) is 3. The third kappa shape index (κ3) is 2.68. The molecule has 0 unspecified atom stereocenters. The molecule has 17 heavy (non-hydrogen) atoms. The lowest BCUT2D eigenvalue weighted by atomic mass is 10.0. The van der Waals surface area contributed by atoms with Gasteiger partial charge < -0.3 is 14.9 Å². The minimum atomic E-state index is -3.18. The SMILES string of the molecule is Cc1c(C(=O)O)ccc(OC(F)F)c1C(=O)O. The van der Waals surface area contributed by atoms with Crippen LogP contribution in [0.15, 0.2) is 12.1 Å². The van der Waals surface area contributed by atoms with Crippen molar-refractivity contribution in [3.05, 3.63) is 28.8 Å². The number of aromatic carboxylic acids is 2. The molecule has 0 heterocycles. The van der Waals surface area contributed by atoms with E-state index in [1.165, 1.54) is 6.92 Å². The Balaban J connectivity index is 3.39. The summed E-state index contributed by atoms with van der Waals surface area (Å²) in [5, 5.41) is 17.6. The molecule has 0 bridgehead atoms. The number of benzene rings is 1. The third-order valence-corrected chi connectivity index (χ3v) is 2.09. The van der Waals surface area contributed by atoms with Crippen molar-refractivity contribution >= 4 is 11.9 Å². The van der Waals surface area contributed by atoms with Gasteiger partial charge in [-0.25, -0.2) is 9.59 Å². The molecule has 0 fully saturated rings. The Morgan fingerprint density at radius 2 is 1.82 bits per heavy atom. The monoisotopic (exact) mass is 246 g/mol. The van der Waals surface area contributed by atoms with Crippen molar-refractivity contribution in [1.82, 2.24) is 0 Å². The molecule has 0 aliphatic carbocycles. The van der Waals surface area contributed by atoms with Crippen molar-refractivity contribution < 1.29 is 33.3 Å².